The molecule has 2 aliphatic rings. The van der Waals surface area contributed by atoms with Crippen LogP contribution in [0.4, 0.5) is 5.82 Å². The molecule has 0 bridgehead atoms. The minimum absolute atomic E-state index is 0.529. The van der Waals surface area contributed by atoms with Crippen molar-refractivity contribution in [1.29, 1.82) is 0 Å². The van der Waals surface area contributed by atoms with Crippen LogP contribution in [-0.4, -0.2) is 50.3 Å². The lowest BCUT2D eigenvalue weighted by atomic mass is 10.0. The normalized spacial score (nSPS) is 21.5. The Labute approximate surface area is 156 Å². The van der Waals surface area contributed by atoms with Crippen molar-refractivity contribution in [3.05, 3.63) is 35.5 Å². The van der Waals surface area contributed by atoms with Crippen molar-refractivity contribution >= 4 is 5.82 Å². The Morgan fingerprint density at radius 1 is 1.04 bits per heavy atom. The Bertz CT molecular complexity index is 716. The highest BCUT2D eigenvalue weighted by Crippen LogP contribution is 2.23. The van der Waals surface area contributed by atoms with Gasteiger partial charge in [0, 0.05) is 31.9 Å². The first-order chi connectivity index (χ1) is 12.7. The van der Waals surface area contributed by atoms with Gasteiger partial charge in [0.25, 0.3) is 0 Å². The zero-order valence-electron chi connectivity index (χ0n) is 16.1. The minimum Gasteiger partial charge on any atom is -0.357 e. The summed E-state index contributed by atoms with van der Waals surface area (Å²) >= 11 is 0. The Hall–Kier alpha value is -1.95. The molecule has 2 aliphatic heterocycles. The van der Waals surface area contributed by atoms with Crippen LogP contribution in [0.15, 0.2) is 18.3 Å². The van der Waals surface area contributed by atoms with Gasteiger partial charge in [-0.3, -0.25) is 4.90 Å². The lowest BCUT2D eigenvalue weighted by Crippen LogP contribution is -2.42. The number of aryl methyl sites for hydroxylation is 2. The molecule has 0 N–H and O–H groups in total. The maximum Gasteiger partial charge on any atom is 0.147 e. The molecule has 2 fully saturated rings. The van der Waals surface area contributed by atoms with Crippen molar-refractivity contribution in [2.45, 2.75) is 65.1 Å². The molecule has 4 rings (SSSR count). The number of hydrogen-bond donors (Lipinski definition) is 0. The highest BCUT2D eigenvalue weighted by Gasteiger charge is 2.24. The predicted molar refractivity (Wildman–Crippen MR) is 103 cm³/mol. The van der Waals surface area contributed by atoms with Gasteiger partial charge in [0.1, 0.15) is 17.5 Å². The maximum absolute atomic E-state index is 4.72. The molecule has 0 spiro atoms. The Morgan fingerprint density at radius 2 is 1.85 bits per heavy atom. The van der Waals surface area contributed by atoms with E-state index < -0.39 is 0 Å². The van der Waals surface area contributed by atoms with E-state index in [2.05, 4.69) is 42.9 Å². The van der Waals surface area contributed by atoms with Gasteiger partial charge in [-0.1, -0.05) is 12.5 Å². The number of likely N-dealkylation sites (tertiary alicyclic amines) is 1. The average Bonchev–Trinajstić information content (AvgIpc) is 3.27. The SMILES string of the molecule is Cc1nc(C)n(CC2CCCCN2Cc2ccc(N3CCCC3)nc2)n1. The molecule has 0 radical (unpaired) electrons. The van der Waals surface area contributed by atoms with E-state index in [4.69, 9.17) is 4.98 Å². The summed E-state index contributed by atoms with van der Waals surface area (Å²) in [6.45, 7) is 9.39. The van der Waals surface area contributed by atoms with Crippen LogP contribution in [0.1, 0.15) is 49.3 Å². The number of nitrogens with zero attached hydrogens (tertiary/aromatic N) is 6. The molecule has 6 heteroatoms. The molecule has 6 nitrogen and oxygen atoms in total. The Morgan fingerprint density at radius 3 is 2.54 bits per heavy atom. The molecule has 0 amide bonds. The van der Waals surface area contributed by atoms with Gasteiger partial charge in [0.15, 0.2) is 0 Å². The molecule has 2 aromatic heterocycles. The van der Waals surface area contributed by atoms with Crippen molar-refractivity contribution in [1.82, 2.24) is 24.6 Å². The molecule has 1 atom stereocenters. The smallest absolute Gasteiger partial charge is 0.147 e. The van der Waals surface area contributed by atoms with Crippen molar-refractivity contribution in [3.63, 3.8) is 0 Å². The third-order valence-electron chi connectivity index (χ3n) is 5.72. The van der Waals surface area contributed by atoms with Crippen molar-refractivity contribution in [3.8, 4) is 0 Å². The first kappa shape index (κ1) is 17.5. The van der Waals surface area contributed by atoms with Crippen molar-refractivity contribution in [2.24, 2.45) is 0 Å². The standard InChI is InChI=1S/C20H30N6/c1-16-22-17(2)26(23-16)15-19-7-3-4-12-25(19)14-18-8-9-20(21-13-18)24-10-5-6-11-24/h8-9,13,19H,3-7,10-12,14-15H2,1-2H3. The van der Waals surface area contributed by atoms with Gasteiger partial charge in [-0.2, -0.15) is 5.10 Å². The van der Waals surface area contributed by atoms with E-state index in [0.29, 0.717) is 6.04 Å². The lowest BCUT2D eigenvalue weighted by Gasteiger charge is -2.35. The largest absolute Gasteiger partial charge is 0.357 e. The quantitative estimate of drug-likeness (QED) is 0.826. The fourth-order valence-electron chi connectivity index (χ4n) is 4.29. The lowest BCUT2D eigenvalue weighted by molar-refractivity contribution is 0.121. The maximum atomic E-state index is 4.72. The summed E-state index contributed by atoms with van der Waals surface area (Å²) in [6, 6.07) is 4.99. The average molecular weight is 355 g/mol. The number of piperidine rings is 1. The molecule has 0 aromatic carbocycles. The van der Waals surface area contributed by atoms with Crippen LogP contribution in [0.5, 0.6) is 0 Å². The minimum atomic E-state index is 0.529. The second-order valence-electron chi connectivity index (χ2n) is 7.73. The summed E-state index contributed by atoms with van der Waals surface area (Å²) in [5, 5.41) is 4.56. The molecular formula is C20H30N6. The van der Waals surface area contributed by atoms with E-state index in [1.807, 2.05) is 13.8 Å². The van der Waals surface area contributed by atoms with E-state index in [1.165, 1.54) is 37.7 Å². The van der Waals surface area contributed by atoms with E-state index in [1.54, 1.807) is 0 Å². The van der Waals surface area contributed by atoms with E-state index >= 15 is 0 Å². The van der Waals surface area contributed by atoms with E-state index in [9.17, 15) is 0 Å². The second kappa shape index (κ2) is 7.74. The van der Waals surface area contributed by atoms with Crippen LogP contribution in [0.3, 0.4) is 0 Å². The van der Waals surface area contributed by atoms with Gasteiger partial charge in [-0.25, -0.2) is 14.6 Å². The van der Waals surface area contributed by atoms with Crippen LogP contribution in [0, 0.1) is 13.8 Å². The van der Waals surface area contributed by atoms with Crippen LogP contribution in [-0.2, 0) is 13.1 Å². The summed E-state index contributed by atoms with van der Waals surface area (Å²) in [4.78, 5) is 14.2. The first-order valence-corrected chi connectivity index (χ1v) is 10.0. The molecule has 0 aliphatic carbocycles. The molecule has 1 unspecified atom stereocenters. The summed E-state index contributed by atoms with van der Waals surface area (Å²) in [6.07, 6.45) is 8.48. The highest BCUT2D eigenvalue weighted by molar-refractivity contribution is 5.40. The number of pyridine rings is 1. The monoisotopic (exact) mass is 354 g/mol. The summed E-state index contributed by atoms with van der Waals surface area (Å²) in [5.74, 6) is 3.02. The van der Waals surface area contributed by atoms with Crippen molar-refractivity contribution < 1.29 is 0 Å². The van der Waals surface area contributed by atoms with Crippen molar-refractivity contribution in [2.75, 3.05) is 24.5 Å². The van der Waals surface area contributed by atoms with Gasteiger partial charge in [0.2, 0.25) is 0 Å². The summed E-state index contributed by atoms with van der Waals surface area (Å²) in [5.41, 5.74) is 1.31. The number of rotatable bonds is 5. The number of aromatic nitrogens is 4. The zero-order valence-corrected chi connectivity index (χ0v) is 16.1. The Balaban J connectivity index is 1.42. The highest BCUT2D eigenvalue weighted by atomic mass is 15.4. The zero-order chi connectivity index (χ0) is 17.9. The van der Waals surface area contributed by atoms with Crippen LogP contribution in [0.25, 0.3) is 0 Å². The topological polar surface area (TPSA) is 50.1 Å². The molecule has 4 heterocycles. The molecule has 2 aromatic rings. The third kappa shape index (κ3) is 3.90. The molecule has 0 saturated carbocycles. The fraction of sp³-hybridized carbons (Fsp3) is 0.650. The van der Waals surface area contributed by atoms with Gasteiger partial charge in [-0.05, 0) is 57.7 Å². The van der Waals surface area contributed by atoms with Gasteiger partial charge in [0.05, 0.1) is 6.54 Å². The fourth-order valence-corrected chi connectivity index (χ4v) is 4.29. The molecular weight excluding hydrogens is 324 g/mol. The Kier molecular flexibility index (Phi) is 5.20. The number of anilines is 1. The van der Waals surface area contributed by atoms with E-state index in [0.717, 1.165) is 50.2 Å². The van der Waals surface area contributed by atoms with Crippen LogP contribution < -0.4 is 4.90 Å². The van der Waals surface area contributed by atoms with Crippen LogP contribution >= 0.6 is 0 Å². The number of hydrogen-bond acceptors (Lipinski definition) is 5. The first-order valence-electron chi connectivity index (χ1n) is 10.0. The summed E-state index contributed by atoms with van der Waals surface area (Å²) in [7, 11) is 0. The van der Waals surface area contributed by atoms with E-state index in [-0.39, 0.29) is 0 Å². The van der Waals surface area contributed by atoms with Gasteiger partial charge >= 0.3 is 0 Å². The van der Waals surface area contributed by atoms with Gasteiger partial charge in [-0.15, -0.1) is 0 Å². The second-order valence-corrected chi connectivity index (χ2v) is 7.73. The summed E-state index contributed by atoms with van der Waals surface area (Å²) < 4.78 is 2.08. The van der Waals surface area contributed by atoms with Gasteiger partial charge < -0.3 is 4.90 Å². The predicted octanol–water partition coefficient (Wildman–Crippen LogP) is 2.94. The third-order valence-corrected chi connectivity index (χ3v) is 5.72. The molecule has 140 valence electrons. The molecule has 26 heavy (non-hydrogen) atoms. The molecule has 2 saturated heterocycles. The van der Waals surface area contributed by atoms with Crippen LogP contribution in [0.2, 0.25) is 0 Å².